The molecule has 0 aliphatic carbocycles. The van der Waals surface area contributed by atoms with Gasteiger partial charge in [-0.05, 0) is 82.4 Å². The molecule has 0 saturated heterocycles. The summed E-state index contributed by atoms with van der Waals surface area (Å²) in [6, 6.07) is 66.0. The highest BCUT2D eigenvalue weighted by Crippen LogP contribution is 2.52. The molecule has 17 rings (SSSR count). The van der Waals surface area contributed by atoms with E-state index in [1.54, 1.807) is 34.8 Å². The molecule has 12 aromatic carbocycles. The molecule has 5 aromatic heterocycles. The van der Waals surface area contributed by atoms with E-state index in [1.807, 2.05) is 146 Å². The quantitative estimate of drug-likeness (QED) is 0.152. The molecule has 0 spiro atoms. The number of hydrogen-bond donors (Lipinski definition) is 0. The first-order valence-electron chi connectivity index (χ1n) is 32.2. The number of nitrogens with zero attached hydrogens (tertiary/aromatic N) is 6. The molecule has 0 bridgehead atoms. The van der Waals surface area contributed by atoms with Crippen LogP contribution >= 0.6 is 22.7 Å². The summed E-state index contributed by atoms with van der Waals surface area (Å²) in [5, 5.41) is 19.5. The summed E-state index contributed by atoms with van der Waals surface area (Å²) in [4.78, 5) is 16.0. The molecule has 0 saturated carbocycles. The van der Waals surface area contributed by atoms with Crippen molar-refractivity contribution < 1.29 is 13.7 Å². The van der Waals surface area contributed by atoms with E-state index in [4.69, 9.17) is 23.2 Å². The molecule has 6 nitrogen and oxygen atoms in total. The van der Waals surface area contributed by atoms with Crippen molar-refractivity contribution in [1.29, 1.82) is 5.26 Å². The third-order valence-electron chi connectivity index (χ3n) is 16.0. The van der Waals surface area contributed by atoms with Crippen molar-refractivity contribution in [1.82, 2.24) is 24.1 Å². The number of rotatable bonds is 8. The summed E-state index contributed by atoms with van der Waals surface area (Å²) in [6.45, 7) is 0. The number of benzene rings is 12. The van der Waals surface area contributed by atoms with E-state index in [2.05, 4.69) is 63.7 Å². The maximum Gasteiger partial charge on any atom is 0.166 e. The van der Waals surface area contributed by atoms with Crippen LogP contribution in [0.25, 0.3) is 163 Å². The van der Waals surface area contributed by atoms with Crippen molar-refractivity contribution in [3.05, 3.63) is 272 Å². The molecule has 0 unspecified atom stereocenters. The molecule has 0 amide bonds. The third-order valence-corrected chi connectivity index (χ3v) is 18.4. The summed E-state index contributed by atoms with van der Waals surface area (Å²) in [6.07, 6.45) is 0. The number of hydrogen-bond acceptors (Lipinski definition) is 6. The fourth-order valence-corrected chi connectivity index (χ4v) is 14.9. The lowest BCUT2D eigenvalue weighted by Gasteiger charge is -2.24. The molecule has 84 heavy (non-hydrogen) atoms. The van der Waals surface area contributed by atoms with Crippen LogP contribution in [-0.4, -0.2) is 24.1 Å². The van der Waals surface area contributed by atoms with Gasteiger partial charge in [0, 0.05) is 84.1 Å². The number of nitriles is 1. The second-order valence-corrected chi connectivity index (χ2v) is 22.7. The second-order valence-electron chi connectivity index (χ2n) is 20.6. The van der Waals surface area contributed by atoms with E-state index < -0.39 is 36.3 Å². The minimum atomic E-state index is -0.490. The van der Waals surface area contributed by atoms with Gasteiger partial charge in [-0.15, -0.1) is 22.7 Å². The smallest absolute Gasteiger partial charge is 0.166 e. The Labute approximate surface area is 504 Å². The zero-order valence-electron chi connectivity index (χ0n) is 54.1. The molecule has 0 N–H and O–H groups in total. The Balaban J connectivity index is 1.09. The molecular formula is C76H44N6S2. The summed E-state index contributed by atoms with van der Waals surface area (Å²) in [5.41, 5.74) is 8.37. The average Bonchev–Trinajstić information content (AvgIpc) is 1.52. The summed E-state index contributed by atoms with van der Waals surface area (Å²) >= 11 is 3.27. The normalized spacial score (nSPS) is 13.5. The second kappa shape index (κ2) is 19.2. The average molecular weight is 1120 g/mol. The number of thiophene rings is 2. The molecule has 0 atom stereocenters. The molecule has 5 heterocycles. The van der Waals surface area contributed by atoms with Crippen LogP contribution in [0.3, 0.4) is 0 Å². The molecule has 0 radical (unpaired) electrons. The minimum Gasteiger partial charge on any atom is -0.308 e. The summed E-state index contributed by atoms with van der Waals surface area (Å²) < 4.78 is 97.4. The lowest BCUT2D eigenvalue weighted by Crippen LogP contribution is -2.10. The Hall–Kier alpha value is -10.8. The fraction of sp³-hybridized carbons (Fsp3) is 0. The predicted octanol–water partition coefficient (Wildman–Crippen LogP) is 20.7. The van der Waals surface area contributed by atoms with Gasteiger partial charge >= 0.3 is 0 Å². The Morgan fingerprint density at radius 2 is 0.786 bits per heavy atom. The van der Waals surface area contributed by atoms with E-state index >= 15 is 0 Å². The first-order chi connectivity index (χ1) is 45.8. The Kier molecular flexibility index (Phi) is 8.84. The van der Waals surface area contributed by atoms with Gasteiger partial charge in [-0.3, -0.25) is 0 Å². The molecule has 0 aliphatic rings. The fourth-order valence-electron chi connectivity index (χ4n) is 12.3. The zero-order valence-corrected chi connectivity index (χ0v) is 45.8. The molecule has 390 valence electrons. The monoisotopic (exact) mass is 1110 g/mol. The van der Waals surface area contributed by atoms with Gasteiger partial charge in [-0.2, -0.15) is 5.26 Å². The SMILES string of the molecule is [2H]c1c([2H])c([2H])c(-c2ccc3c(c2)c2c4sc5ccccc5c4ccc2n3-c2c(C#N)cc(-c3nc(-c4ccccc4)nc(-c4ccccc4)n3)c(-n3c4ccc(-c5c([2H])c([2H])c([2H])c([2H])c5[2H])cc4c4c5sc6ccccc6c5ccc43)c2-c2ccccc2)c([2H])c1[2H]. The van der Waals surface area contributed by atoms with Crippen LogP contribution in [-0.2, 0) is 0 Å². The van der Waals surface area contributed by atoms with Gasteiger partial charge in [0.2, 0.25) is 0 Å². The van der Waals surface area contributed by atoms with E-state index in [0.29, 0.717) is 67.3 Å². The highest BCUT2D eigenvalue weighted by molar-refractivity contribution is 7.27. The zero-order chi connectivity index (χ0) is 64.1. The van der Waals surface area contributed by atoms with Crippen molar-refractivity contribution in [3.63, 3.8) is 0 Å². The van der Waals surface area contributed by atoms with Gasteiger partial charge in [0.05, 0.1) is 52.7 Å². The van der Waals surface area contributed by atoms with E-state index in [1.165, 1.54) is 0 Å². The van der Waals surface area contributed by atoms with Gasteiger partial charge in [0.15, 0.2) is 17.5 Å². The molecular weight excluding hydrogens is 1060 g/mol. The van der Waals surface area contributed by atoms with Crippen LogP contribution in [0.2, 0.25) is 0 Å². The van der Waals surface area contributed by atoms with Crippen LogP contribution in [0.1, 0.15) is 19.3 Å². The van der Waals surface area contributed by atoms with Crippen molar-refractivity contribution in [2.45, 2.75) is 0 Å². The Bertz CT molecular complexity index is 6080. The molecule has 17 aromatic rings. The largest absolute Gasteiger partial charge is 0.308 e. The number of fused-ring (bicyclic) bond motifs is 14. The van der Waals surface area contributed by atoms with Crippen molar-refractivity contribution in [2.75, 3.05) is 0 Å². The summed E-state index contributed by atoms with van der Waals surface area (Å²) in [5.74, 6) is 1.04. The molecule has 0 aliphatic heterocycles. The lowest BCUT2D eigenvalue weighted by atomic mass is 9.93. The Morgan fingerprint density at radius 3 is 1.27 bits per heavy atom. The van der Waals surface area contributed by atoms with Crippen molar-refractivity contribution in [2.24, 2.45) is 0 Å². The maximum atomic E-state index is 12.3. The first-order valence-corrected chi connectivity index (χ1v) is 28.9. The third kappa shape index (κ3) is 7.43. The van der Waals surface area contributed by atoms with Gasteiger partial charge in [0.25, 0.3) is 0 Å². The van der Waals surface area contributed by atoms with Gasteiger partial charge in [-0.25, -0.2) is 15.0 Å². The standard InChI is InChI=1S/C76H44N6S2/c77-45-53-44-60(76-79-74(49-26-12-4-13-27-49)78-75(80-76)50-28-14-5-15-29-50)71(82-62-39-35-52(47-22-8-2-9-23-47)43-59(62)69-64(82)41-37-57-55-31-17-19-33-66(55)84-73(57)69)67(48-24-10-3-11-25-48)70(53)81-61-38-34-51(46-20-6-1-7-21-46)42-58(61)68-63(81)40-36-56-54-30-16-18-32-65(54)83-72(56)68/h1-44H/i1D,2D,6D,7D,8D,9D,20D,21D,22D,23D. The Morgan fingerprint density at radius 1 is 0.357 bits per heavy atom. The van der Waals surface area contributed by atoms with E-state index in [-0.39, 0.29) is 46.7 Å². The van der Waals surface area contributed by atoms with E-state index in [9.17, 15) is 10.7 Å². The van der Waals surface area contributed by atoms with Crippen molar-refractivity contribution in [3.8, 4) is 85.0 Å². The van der Waals surface area contributed by atoms with Crippen LogP contribution < -0.4 is 0 Å². The highest BCUT2D eigenvalue weighted by atomic mass is 32.1. The number of aromatic nitrogens is 5. The van der Waals surface area contributed by atoms with Crippen LogP contribution in [0.5, 0.6) is 0 Å². The molecule has 0 fully saturated rings. The van der Waals surface area contributed by atoms with Gasteiger partial charge in [-0.1, -0.05) is 212 Å². The highest BCUT2D eigenvalue weighted by Gasteiger charge is 2.31. The maximum absolute atomic E-state index is 12.3. The van der Waals surface area contributed by atoms with Crippen LogP contribution in [0.4, 0.5) is 0 Å². The lowest BCUT2D eigenvalue weighted by molar-refractivity contribution is 1.06. The van der Waals surface area contributed by atoms with Crippen LogP contribution in [0, 0.1) is 11.3 Å². The summed E-state index contributed by atoms with van der Waals surface area (Å²) in [7, 11) is 0. The van der Waals surface area contributed by atoms with Gasteiger partial charge in [0.1, 0.15) is 6.07 Å². The van der Waals surface area contributed by atoms with Crippen LogP contribution in [0.15, 0.2) is 267 Å². The van der Waals surface area contributed by atoms with E-state index in [0.717, 1.165) is 78.7 Å². The predicted molar refractivity (Wildman–Crippen MR) is 352 cm³/mol. The topological polar surface area (TPSA) is 72.3 Å². The molecule has 8 heteroatoms. The first kappa shape index (κ1) is 38.8. The van der Waals surface area contributed by atoms with Crippen molar-refractivity contribution >= 4 is 107 Å². The minimum absolute atomic E-state index is 0.0579. The van der Waals surface area contributed by atoms with Gasteiger partial charge < -0.3 is 9.13 Å².